The monoisotopic (exact) mass is 404 g/mol. The number of hydrogen-bond acceptors (Lipinski definition) is 5. The second-order valence-corrected chi connectivity index (χ2v) is 8.02. The van der Waals surface area contributed by atoms with Crippen LogP contribution in [0.15, 0.2) is 24.3 Å². The second-order valence-electron chi connectivity index (χ2n) is 6.45. The van der Waals surface area contributed by atoms with Gasteiger partial charge in [0.2, 0.25) is 0 Å². The Labute approximate surface area is 164 Å². The van der Waals surface area contributed by atoms with Crippen molar-refractivity contribution in [1.82, 2.24) is 0 Å². The first kappa shape index (κ1) is 25.9. The summed E-state index contributed by atoms with van der Waals surface area (Å²) in [6, 6.07) is 7.97. The van der Waals surface area contributed by atoms with Crippen molar-refractivity contribution in [2.24, 2.45) is 0 Å². The molecule has 0 aliphatic rings. The van der Waals surface area contributed by atoms with Crippen molar-refractivity contribution in [2.75, 3.05) is 25.6 Å². The van der Waals surface area contributed by atoms with Gasteiger partial charge in [0.05, 0.1) is 25.6 Å². The van der Waals surface area contributed by atoms with E-state index in [0.717, 1.165) is 12.2 Å². The number of hydrogen-bond donors (Lipinski definition) is 3. The molecule has 0 fully saturated rings. The standard InChI is InChI=1S/C18H30O4S.C2H6O2/c1-2-3-4-5-6-7-8-10-17-11-13-18(14-12-17)22-15-9-16-23(19,20)21;3-1-2-4/h11-14H,2-10,15-16H2,1H3,(H,19,20,21);3-4H,1-2H2. The van der Waals surface area contributed by atoms with Crippen LogP contribution in [-0.2, 0) is 16.5 Å². The van der Waals surface area contributed by atoms with Gasteiger partial charge in [-0.25, -0.2) is 0 Å². The largest absolute Gasteiger partial charge is 0.494 e. The number of unbranched alkanes of at least 4 members (excludes halogenated alkanes) is 6. The molecule has 0 heterocycles. The van der Waals surface area contributed by atoms with Crippen LogP contribution < -0.4 is 4.74 Å². The highest BCUT2D eigenvalue weighted by atomic mass is 32.2. The predicted octanol–water partition coefficient (Wildman–Crippen LogP) is 3.61. The summed E-state index contributed by atoms with van der Waals surface area (Å²) < 4.78 is 35.3. The summed E-state index contributed by atoms with van der Waals surface area (Å²) in [5.74, 6) is 0.479. The lowest BCUT2D eigenvalue weighted by Gasteiger charge is -2.07. The molecule has 0 saturated carbocycles. The van der Waals surface area contributed by atoms with Crippen LogP contribution in [0.25, 0.3) is 0 Å². The Hall–Kier alpha value is -1.15. The van der Waals surface area contributed by atoms with E-state index in [-0.39, 0.29) is 25.6 Å². The summed E-state index contributed by atoms with van der Waals surface area (Å²) in [7, 11) is -3.89. The van der Waals surface area contributed by atoms with Gasteiger partial charge in [0.15, 0.2) is 0 Å². The van der Waals surface area contributed by atoms with Crippen LogP contribution in [0.3, 0.4) is 0 Å². The molecule has 1 rings (SSSR count). The molecule has 1 aromatic carbocycles. The lowest BCUT2D eigenvalue weighted by Crippen LogP contribution is -2.08. The number of aryl methyl sites for hydroxylation is 1. The van der Waals surface area contributed by atoms with Crippen LogP contribution in [0.4, 0.5) is 0 Å². The average Bonchev–Trinajstić information content (AvgIpc) is 2.65. The molecule has 0 radical (unpaired) electrons. The molecule has 0 saturated heterocycles. The summed E-state index contributed by atoms with van der Waals surface area (Å²) in [6.07, 6.45) is 10.6. The van der Waals surface area contributed by atoms with Crippen LogP contribution in [0.5, 0.6) is 5.75 Å². The summed E-state index contributed by atoms with van der Waals surface area (Å²) in [5, 5.41) is 15.2. The molecule has 1 aromatic rings. The van der Waals surface area contributed by atoms with Crippen molar-refractivity contribution in [3.05, 3.63) is 29.8 Å². The van der Waals surface area contributed by atoms with Crippen molar-refractivity contribution in [2.45, 2.75) is 64.7 Å². The Morgan fingerprint density at radius 1 is 0.852 bits per heavy atom. The minimum atomic E-state index is -3.89. The van der Waals surface area contributed by atoms with E-state index in [2.05, 4.69) is 19.1 Å². The van der Waals surface area contributed by atoms with Gasteiger partial charge in [-0.05, 0) is 37.0 Å². The molecule has 0 unspecified atom stereocenters. The lowest BCUT2D eigenvalue weighted by atomic mass is 10.0. The third kappa shape index (κ3) is 18.0. The highest BCUT2D eigenvalue weighted by Gasteiger charge is 2.04. The Kier molecular flexibility index (Phi) is 16.3. The van der Waals surface area contributed by atoms with Gasteiger partial charge >= 0.3 is 0 Å². The maximum Gasteiger partial charge on any atom is 0.264 e. The number of rotatable bonds is 14. The van der Waals surface area contributed by atoms with Crippen LogP contribution in [-0.4, -0.2) is 48.8 Å². The van der Waals surface area contributed by atoms with Gasteiger partial charge in [0.1, 0.15) is 5.75 Å². The molecule has 0 aliphatic heterocycles. The minimum absolute atomic E-state index is 0.125. The smallest absolute Gasteiger partial charge is 0.264 e. The fourth-order valence-corrected chi connectivity index (χ4v) is 2.95. The number of aliphatic hydroxyl groups is 2. The molecule has 0 aliphatic carbocycles. The van der Waals surface area contributed by atoms with Crippen LogP contribution in [0.2, 0.25) is 0 Å². The van der Waals surface area contributed by atoms with Crippen LogP contribution in [0, 0.1) is 0 Å². The molecule has 27 heavy (non-hydrogen) atoms. The van der Waals surface area contributed by atoms with E-state index in [1.807, 2.05) is 12.1 Å². The van der Waals surface area contributed by atoms with Gasteiger partial charge in [-0.15, -0.1) is 0 Å². The van der Waals surface area contributed by atoms with E-state index in [9.17, 15) is 8.42 Å². The summed E-state index contributed by atoms with van der Waals surface area (Å²) in [4.78, 5) is 0. The van der Waals surface area contributed by atoms with Gasteiger partial charge in [-0.3, -0.25) is 4.55 Å². The second kappa shape index (κ2) is 17.0. The first-order chi connectivity index (χ1) is 12.9. The van der Waals surface area contributed by atoms with E-state index in [1.165, 1.54) is 50.5 Å². The number of benzene rings is 1. The average molecular weight is 405 g/mol. The first-order valence-corrected chi connectivity index (χ1v) is 11.4. The SMILES string of the molecule is CCCCCCCCCc1ccc(OCCCS(=O)(=O)O)cc1.OCCO. The van der Waals surface area contributed by atoms with Crippen molar-refractivity contribution < 1.29 is 27.9 Å². The van der Waals surface area contributed by atoms with Crippen molar-refractivity contribution in [3.8, 4) is 5.75 Å². The molecular weight excluding hydrogens is 368 g/mol. The zero-order valence-electron chi connectivity index (χ0n) is 16.5. The molecule has 0 spiro atoms. The first-order valence-electron chi connectivity index (χ1n) is 9.81. The highest BCUT2D eigenvalue weighted by Crippen LogP contribution is 2.15. The molecule has 3 N–H and O–H groups in total. The van der Waals surface area contributed by atoms with Crippen LogP contribution >= 0.6 is 0 Å². The van der Waals surface area contributed by atoms with E-state index >= 15 is 0 Å². The van der Waals surface area contributed by atoms with Gasteiger partial charge in [0.25, 0.3) is 10.1 Å². The molecule has 0 amide bonds. The van der Waals surface area contributed by atoms with Crippen LogP contribution in [0.1, 0.15) is 63.9 Å². The fourth-order valence-electron chi connectivity index (χ4n) is 2.47. The van der Waals surface area contributed by atoms with Gasteiger partial charge in [-0.2, -0.15) is 8.42 Å². The third-order valence-electron chi connectivity index (χ3n) is 3.91. The van der Waals surface area contributed by atoms with E-state index in [4.69, 9.17) is 19.5 Å². The van der Waals surface area contributed by atoms with Gasteiger partial charge in [0, 0.05) is 0 Å². The minimum Gasteiger partial charge on any atom is -0.494 e. The Balaban J connectivity index is 0.00000153. The van der Waals surface area contributed by atoms with Crippen molar-refractivity contribution in [3.63, 3.8) is 0 Å². The Morgan fingerprint density at radius 2 is 1.41 bits per heavy atom. The summed E-state index contributed by atoms with van der Waals surface area (Å²) in [5.41, 5.74) is 1.31. The van der Waals surface area contributed by atoms with E-state index in [1.54, 1.807) is 0 Å². The molecule has 158 valence electrons. The van der Waals surface area contributed by atoms with E-state index < -0.39 is 10.1 Å². The summed E-state index contributed by atoms with van der Waals surface area (Å²) >= 11 is 0. The zero-order valence-corrected chi connectivity index (χ0v) is 17.3. The Bertz CT molecular complexity index is 540. The molecule has 0 atom stereocenters. The Morgan fingerprint density at radius 3 is 1.93 bits per heavy atom. The normalized spacial score (nSPS) is 11.0. The van der Waals surface area contributed by atoms with Crippen molar-refractivity contribution in [1.29, 1.82) is 0 Å². The molecule has 0 aromatic heterocycles. The maximum atomic E-state index is 10.6. The maximum absolute atomic E-state index is 10.6. The van der Waals surface area contributed by atoms with E-state index in [0.29, 0.717) is 6.42 Å². The van der Waals surface area contributed by atoms with Crippen molar-refractivity contribution >= 4 is 10.1 Å². The predicted molar refractivity (Wildman–Crippen MR) is 109 cm³/mol. The topological polar surface area (TPSA) is 104 Å². The summed E-state index contributed by atoms with van der Waals surface area (Å²) in [6.45, 7) is 2.28. The fraction of sp³-hybridized carbons (Fsp3) is 0.700. The molecular formula is C20H36O6S. The lowest BCUT2D eigenvalue weighted by molar-refractivity contribution is 0.186. The quantitative estimate of drug-likeness (QED) is 0.323. The highest BCUT2D eigenvalue weighted by molar-refractivity contribution is 7.85. The molecule has 7 heteroatoms. The number of aliphatic hydroxyl groups excluding tert-OH is 2. The van der Waals surface area contributed by atoms with Gasteiger partial charge < -0.3 is 14.9 Å². The molecule has 6 nitrogen and oxygen atoms in total. The molecule has 0 bridgehead atoms. The zero-order chi connectivity index (χ0) is 20.4. The third-order valence-corrected chi connectivity index (χ3v) is 4.71. The number of ether oxygens (including phenoxy) is 1. The van der Waals surface area contributed by atoms with Gasteiger partial charge in [-0.1, -0.05) is 57.6 Å².